The molecule has 4 heterocycles. The van der Waals surface area contributed by atoms with Crippen LogP contribution in [0.15, 0.2) is 18.3 Å². The van der Waals surface area contributed by atoms with Gasteiger partial charge in [0.05, 0.1) is 17.8 Å². The van der Waals surface area contributed by atoms with Crippen molar-refractivity contribution in [3.05, 3.63) is 35.3 Å². The number of pyridine rings is 1. The summed E-state index contributed by atoms with van der Waals surface area (Å²) >= 11 is 0. The average Bonchev–Trinajstić information content (AvgIpc) is 3.38. The first kappa shape index (κ1) is 17.8. The van der Waals surface area contributed by atoms with Crippen LogP contribution in [0.2, 0.25) is 0 Å². The summed E-state index contributed by atoms with van der Waals surface area (Å²) in [5.74, 6) is 1.81. The molecule has 2 fully saturated rings. The molecule has 0 spiro atoms. The molecule has 1 amide bonds. The molecular formula is C20H27N5O2. The predicted molar refractivity (Wildman–Crippen MR) is 103 cm³/mol. The molecule has 2 saturated heterocycles. The van der Waals surface area contributed by atoms with Gasteiger partial charge in [0.25, 0.3) is 5.91 Å². The van der Waals surface area contributed by atoms with Crippen LogP contribution in [0.3, 0.4) is 0 Å². The summed E-state index contributed by atoms with van der Waals surface area (Å²) in [4.78, 5) is 21.7. The van der Waals surface area contributed by atoms with Gasteiger partial charge in [0, 0.05) is 45.0 Å². The van der Waals surface area contributed by atoms with Crippen molar-refractivity contribution >= 4 is 11.7 Å². The Hall–Kier alpha value is -2.57. The van der Waals surface area contributed by atoms with Crippen LogP contribution in [0.1, 0.15) is 41.0 Å². The fraction of sp³-hybridized carbons (Fsp3) is 0.550. The molecule has 144 valence electrons. The highest BCUT2D eigenvalue weighted by molar-refractivity contribution is 5.96. The van der Waals surface area contributed by atoms with E-state index in [1.54, 1.807) is 4.68 Å². The number of amides is 1. The number of carbonyl (C=O) groups is 1. The summed E-state index contributed by atoms with van der Waals surface area (Å²) in [5, 5.41) is 4.37. The van der Waals surface area contributed by atoms with Crippen LogP contribution in [0.25, 0.3) is 0 Å². The third-order valence-corrected chi connectivity index (χ3v) is 5.61. The maximum atomic E-state index is 13.0. The monoisotopic (exact) mass is 369 g/mol. The van der Waals surface area contributed by atoms with Crippen LogP contribution < -0.4 is 9.64 Å². The molecule has 0 bridgehead atoms. The van der Waals surface area contributed by atoms with Crippen molar-refractivity contribution in [2.75, 3.05) is 31.1 Å². The first-order valence-electron chi connectivity index (χ1n) is 9.70. The molecule has 0 aliphatic carbocycles. The molecule has 27 heavy (non-hydrogen) atoms. The number of nitrogens with zero attached hydrogens (tertiary/aromatic N) is 5. The lowest BCUT2D eigenvalue weighted by Gasteiger charge is -2.22. The summed E-state index contributed by atoms with van der Waals surface area (Å²) in [7, 11) is 1.87. The Kier molecular flexibility index (Phi) is 4.76. The molecule has 1 atom stereocenters. The summed E-state index contributed by atoms with van der Waals surface area (Å²) < 4.78 is 8.05. The van der Waals surface area contributed by atoms with Crippen molar-refractivity contribution < 1.29 is 9.53 Å². The summed E-state index contributed by atoms with van der Waals surface area (Å²) in [6.07, 6.45) is 5.05. The van der Waals surface area contributed by atoms with Crippen molar-refractivity contribution in [3.8, 4) is 5.75 Å². The zero-order valence-electron chi connectivity index (χ0n) is 16.3. The maximum absolute atomic E-state index is 13.0. The zero-order chi connectivity index (χ0) is 19.0. The molecule has 4 rings (SSSR count). The van der Waals surface area contributed by atoms with Crippen molar-refractivity contribution in [1.29, 1.82) is 0 Å². The number of carbonyl (C=O) groups excluding carboxylic acids is 1. The molecule has 2 aliphatic rings. The molecule has 2 aromatic rings. The Morgan fingerprint density at radius 2 is 2.00 bits per heavy atom. The van der Waals surface area contributed by atoms with Gasteiger partial charge in [0.2, 0.25) is 0 Å². The SMILES string of the molecule is Cc1nn(C)c(C)c1C(=O)N1CC[C@@H](Oc2cccnc2N2CCCC2)C1. The topological polar surface area (TPSA) is 63.5 Å². The quantitative estimate of drug-likeness (QED) is 0.828. The van der Waals surface area contributed by atoms with E-state index in [2.05, 4.69) is 15.0 Å². The van der Waals surface area contributed by atoms with Gasteiger partial charge >= 0.3 is 0 Å². The van der Waals surface area contributed by atoms with Gasteiger partial charge in [-0.2, -0.15) is 5.10 Å². The Labute approximate surface area is 159 Å². The third-order valence-electron chi connectivity index (χ3n) is 5.61. The van der Waals surface area contributed by atoms with E-state index >= 15 is 0 Å². The Morgan fingerprint density at radius 1 is 1.22 bits per heavy atom. The first-order chi connectivity index (χ1) is 13.0. The van der Waals surface area contributed by atoms with Gasteiger partial charge in [-0.1, -0.05) is 0 Å². The lowest BCUT2D eigenvalue weighted by Crippen LogP contribution is -2.32. The van der Waals surface area contributed by atoms with Crippen molar-refractivity contribution in [1.82, 2.24) is 19.7 Å². The average molecular weight is 369 g/mol. The largest absolute Gasteiger partial charge is 0.485 e. The fourth-order valence-corrected chi connectivity index (χ4v) is 4.07. The number of aryl methyl sites for hydroxylation is 2. The van der Waals surface area contributed by atoms with Gasteiger partial charge in [0.1, 0.15) is 6.10 Å². The molecule has 0 saturated carbocycles. The smallest absolute Gasteiger partial charge is 0.257 e. The Morgan fingerprint density at radius 3 is 2.70 bits per heavy atom. The number of hydrogen-bond acceptors (Lipinski definition) is 5. The highest BCUT2D eigenvalue weighted by atomic mass is 16.5. The fourth-order valence-electron chi connectivity index (χ4n) is 4.07. The third kappa shape index (κ3) is 3.38. The van der Waals surface area contributed by atoms with E-state index in [0.29, 0.717) is 13.1 Å². The minimum atomic E-state index is -0.00298. The molecular weight excluding hydrogens is 342 g/mol. The van der Waals surface area contributed by atoms with Gasteiger partial charge in [-0.25, -0.2) is 4.98 Å². The highest BCUT2D eigenvalue weighted by Gasteiger charge is 2.32. The summed E-state index contributed by atoms with van der Waals surface area (Å²) in [6.45, 7) is 7.19. The van der Waals surface area contributed by atoms with Gasteiger partial charge in [-0.3, -0.25) is 9.48 Å². The predicted octanol–water partition coefficient (Wildman–Crippen LogP) is 2.33. The van der Waals surface area contributed by atoms with Crippen molar-refractivity contribution in [3.63, 3.8) is 0 Å². The molecule has 0 aromatic carbocycles. The van der Waals surface area contributed by atoms with E-state index in [-0.39, 0.29) is 12.0 Å². The molecule has 7 nitrogen and oxygen atoms in total. The number of hydrogen-bond donors (Lipinski definition) is 0. The van der Waals surface area contributed by atoms with Gasteiger partial charge in [-0.15, -0.1) is 0 Å². The van der Waals surface area contributed by atoms with Gasteiger partial charge < -0.3 is 14.5 Å². The van der Waals surface area contributed by atoms with Crippen LogP contribution in [0.5, 0.6) is 5.75 Å². The van der Waals surface area contributed by atoms with Crippen LogP contribution >= 0.6 is 0 Å². The maximum Gasteiger partial charge on any atom is 0.257 e. The van der Waals surface area contributed by atoms with Crippen LogP contribution in [-0.4, -0.2) is 57.9 Å². The highest BCUT2D eigenvalue weighted by Crippen LogP contribution is 2.30. The van der Waals surface area contributed by atoms with Crippen LogP contribution in [0.4, 0.5) is 5.82 Å². The minimum Gasteiger partial charge on any atom is -0.485 e. The van der Waals surface area contributed by atoms with Crippen molar-refractivity contribution in [2.24, 2.45) is 7.05 Å². The standard InChI is InChI=1S/C20H27N5O2/c1-14-18(15(2)23(3)22-14)20(26)25-12-8-16(13-25)27-17-7-6-9-21-19(17)24-10-4-5-11-24/h6-7,9,16H,4-5,8,10-13H2,1-3H3/t16-/m1/s1. The second-order valence-corrected chi connectivity index (χ2v) is 7.47. The van der Waals surface area contributed by atoms with Crippen molar-refractivity contribution in [2.45, 2.75) is 39.2 Å². The van der Waals surface area contributed by atoms with E-state index in [1.807, 2.05) is 44.1 Å². The molecule has 7 heteroatoms. The van der Waals surface area contributed by atoms with Gasteiger partial charge in [0.15, 0.2) is 11.6 Å². The van der Waals surface area contributed by atoms with E-state index in [4.69, 9.17) is 4.74 Å². The van der Waals surface area contributed by atoms with Crippen LogP contribution in [0, 0.1) is 13.8 Å². The lowest BCUT2D eigenvalue weighted by molar-refractivity contribution is 0.0771. The summed E-state index contributed by atoms with van der Waals surface area (Å²) in [5.41, 5.74) is 2.41. The Bertz CT molecular complexity index is 841. The summed E-state index contributed by atoms with van der Waals surface area (Å²) in [6, 6.07) is 3.90. The van der Waals surface area contributed by atoms with E-state index in [9.17, 15) is 4.79 Å². The zero-order valence-corrected chi connectivity index (χ0v) is 16.3. The molecule has 2 aromatic heterocycles. The molecule has 0 radical (unpaired) electrons. The second kappa shape index (κ2) is 7.21. The molecule has 0 unspecified atom stereocenters. The lowest BCUT2D eigenvalue weighted by atomic mass is 10.2. The first-order valence-corrected chi connectivity index (χ1v) is 9.70. The van der Waals surface area contributed by atoms with Gasteiger partial charge in [-0.05, 0) is 38.8 Å². The number of aromatic nitrogens is 3. The van der Waals surface area contributed by atoms with E-state index in [1.165, 1.54) is 12.8 Å². The molecule has 2 aliphatic heterocycles. The Balaban J connectivity index is 1.45. The second-order valence-electron chi connectivity index (χ2n) is 7.47. The number of anilines is 1. The number of rotatable bonds is 4. The number of ether oxygens (including phenoxy) is 1. The van der Waals surface area contributed by atoms with E-state index in [0.717, 1.165) is 48.0 Å². The molecule has 0 N–H and O–H groups in total. The normalized spacial score (nSPS) is 19.7. The minimum absolute atomic E-state index is 0.00298. The number of likely N-dealkylation sites (tertiary alicyclic amines) is 1. The van der Waals surface area contributed by atoms with E-state index < -0.39 is 0 Å². The van der Waals surface area contributed by atoms with Crippen LogP contribution in [-0.2, 0) is 7.05 Å².